The summed E-state index contributed by atoms with van der Waals surface area (Å²) >= 11 is 6.08. The molecule has 0 spiro atoms. The quantitative estimate of drug-likeness (QED) is 0.352. The molecule has 4 rings (SSSR count). The van der Waals surface area contributed by atoms with Gasteiger partial charge in [-0.3, -0.25) is 0 Å². The minimum Gasteiger partial charge on any atom is -0.459 e. The van der Waals surface area contributed by atoms with E-state index in [4.69, 9.17) is 16.0 Å². The third kappa shape index (κ3) is 4.59. The zero-order chi connectivity index (χ0) is 18.6. The van der Waals surface area contributed by atoms with Crippen molar-refractivity contribution in [1.29, 1.82) is 0 Å². The summed E-state index contributed by atoms with van der Waals surface area (Å²) in [5.74, 6) is 0.964. The Morgan fingerprint density at radius 1 is 0.929 bits per heavy atom. The highest BCUT2D eigenvalue weighted by molar-refractivity contribution is 6.30. The summed E-state index contributed by atoms with van der Waals surface area (Å²) in [6, 6.07) is 24.8. The number of hydrogen-bond donors (Lipinski definition) is 1. The van der Waals surface area contributed by atoms with Gasteiger partial charge in [-0.2, -0.15) is 0 Å². The highest BCUT2D eigenvalue weighted by Gasteiger charge is 2.16. The van der Waals surface area contributed by atoms with Crippen LogP contribution in [0, 0.1) is 6.92 Å². The maximum Gasteiger partial charge on any atom is 0.135 e. The fourth-order valence-corrected chi connectivity index (χ4v) is 3.52. The van der Waals surface area contributed by atoms with E-state index in [0.717, 1.165) is 45.8 Å². The van der Waals surface area contributed by atoms with Gasteiger partial charge in [0, 0.05) is 16.0 Å². The number of rotatable bonds is 6. The average Bonchev–Trinajstić information content (AvgIpc) is 3.04. The Labute approximate surface area is 176 Å². The van der Waals surface area contributed by atoms with Crippen LogP contribution in [-0.2, 0) is 13.0 Å². The Kier molecular flexibility index (Phi) is 6.79. The van der Waals surface area contributed by atoms with E-state index in [-0.39, 0.29) is 12.4 Å². The molecular weight excluding hydrogens is 389 g/mol. The summed E-state index contributed by atoms with van der Waals surface area (Å²) in [5, 5.41) is 5.42. The van der Waals surface area contributed by atoms with Crippen LogP contribution in [0.5, 0.6) is 0 Å². The Balaban J connectivity index is 0.00000225. The first-order valence-electron chi connectivity index (χ1n) is 9.23. The number of nitrogens with one attached hydrogen (secondary N) is 1. The van der Waals surface area contributed by atoms with E-state index in [9.17, 15) is 0 Å². The number of benzene rings is 3. The first-order valence-corrected chi connectivity index (χ1v) is 9.61. The van der Waals surface area contributed by atoms with Gasteiger partial charge in [0.25, 0.3) is 0 Å². The van der Waals surface area contributed by atoms with E-state index >= 15 is 0 Å². The number of furan rings is 1. The van der Waals surface area contributed by atoms with Crippen LogP contribution in [0.4, 0.5) is 0 Å². The molecule has 4 heteroatoms. The Morgan fingerprint density at radius 3 is 2.43 bits per heavy atom. The van der Waals surface area contributed by atoms with Crippen LogP contribution in [-0.4, -0.2) is 6.54 Å². The molecular formula is C24H23Cl2NO. The van der Waals surface area contributed by atoms with Gasteiger partial charge in [0.05, 0.1) is 6.54 Å². The van der Waals surface area contributed by atoms with Crippen molar-refractivity contribution in [1.82, 2.24) is 5.32 Å². The molecule has 4 aromatic rings. The standard InChI is InChI=1S/C24H22ClNO.ClH/c1-17-7-12-22-21(15-17)24(19-8-10-20(25)11-9-19)23(27-22)16-26-14-13-18-5-3-2-4-6-18;/h2-12,15,26H,13-14,16H2,1H3;1H. The largest absolute Gasteiger partial charge is 0.459 e. The summed E-state index contributed by atoms with van der Waals surface area (Å²) < 4.78 is 6.20. The zero-order valence-electron chi connectivity index (χ0n) is 15.7. The second kappa shape index (κ2) is 9.29. The molecule has 0 aliphatic rings. The zero-order valence-corrected chi connectivity index (χ0v) is 17.3. The molecule has 2 nitrogen and oxygen atoms in total. The van der Waals surface area contributed by atoms with Gasteiger partial charge in [-0.1, -0.05) is 65.7 Å². The fourth-order valence-electron chi connectivity index (χ4n) is 3.40. The van der Waals surface area contributed by atoms with Crippen molar-refractivity contribution >= 4 is 35.0 Å². The van der Waals surface area contributed by atoms with Gasteiger partial charge in [-0.25, -0.2) is 0 Å². The van der Waals surface area contributed by atoms with Gasteiger partial charge >= 0.3 is 0 Å². The second-order valence-electron chi connectivity index (χ2n) is 6.82. The summed E-state index contributed by atoms with van der Waals surface area (Å²) in [7, 11) is 0. The number of fused-ring (bicyclic) bond motifs is 1. The van der Waals surface area contributed by atoms with E-state index in [1.54, 1.807) is 0 Å². The third-order valence-electron chi connectivity index (χ3n) is 4.77. The Hall–Kier alpha value is -2.26. The van der Waals surface area contributed by atoms with Crippen molar-refractivity contribution in [2.24, 2.45) is 0 Å². The average molecular weight is 412 g/mol. The van der Waals surface area contributed by atoms with E-state index in [1.165, 1.54) is 11.1 Å². The molecule has 0 fully saturated rings. The predicted molar refractivity (Wildman–Crippen MR) is 120 cm³/mol. The lowest BCUT2D eigenvalue weighted by Crippen LogP contribution is -2.16. The van der Waals surface area contributed by atoms with Gasteiger partial charge in [-0.05, 0) is 55.3 Å². The van der Waals surface area contributed by atoms with Crippen LogP contribution < -0.4 is 5.32 Å². The van der Waals surface area contributed by atoms with E-state index in [2.05, 4.69) is 66.8 Å². The van der Waals surface area contributed by atoms with Gasteiger partial charge in [0.2, 0.25) is 0 Å². The lowest BCUT2D eigenvalue weighted by Gasteiger charge is -2.07. The first-order chi connectivity index (χ1) is 13.2. The molecule has 0 amide bonds. The van der Waals surface area contributed by atoms with Crippen LogP contribution in [0.1, 0.15) is 16.9 Å². The third-order valence-corrected chi connectivity index (χ3v) is 5.02. The maximum atomic E-state index is 6.20. The molecule has 1 N–H and O–H groups in total. The van der Waals surface area contributed by atoms with Crippen LogP contribution in [0.15, 0.2) is 77.2 Å². The number of halogens is 2. The van der Waals surface area contributed by atoms with Gasteiger partial charge in [-0.15, -0.1) is 12.4 Å². The molecule has 144 valence electrons. The Morgan fingerprint density at radius 2 is 1.68 bits per heavy atom. The predicted octanol–water partition coefficient (Wildman–Crippen LogP) is 6.82. The van der Waals surface area contributed by atoms with Crippen molar-refractivity contribution in [2.45, 2.75) is 19.9 Å². The number of hydrogen-bond acceptors (Lipinski definition) is 2. The van der Waals surface area contributed by atoms with Crippen molar-refractivity contribution in [3.63, 3.8) is 0 Å². The normalized spacial score (nSPS) is 10.8. The van der Waals surface area contributed by atoms with Crippen molar-refractivity contribution in [3.05, 3.63) is 94.7 Å². The summed E-state index contributed by atoms with van der Waals surface area (Å²) in [6.07, 6.45) is 0.996. The molecule has 1 heterocycles. The minimum atomic E-state index is 0. The first kappa shape index (κ1) is 20.5. The molecule has 0 bridgehead atoms. The second-order valence-corrected chi connectivity index (χ2v) is 7.26. The fraction of sp³-hybridized carbons (Fsp3) is 0.167. The molecule has 0 aliphatic heterocycles. The van der Waals surface area contributed by atoms with E-state index in [0.29, 0.717) is 6.54 Å². The van der Waals surface area contributed by atoms with Gasteiger partial charge < -0.3 is 9.73 Å². The highest BCUT2D eigenvalue weighted by Crippen LogP contribution is 2.36. The summed E-state index contributed by atoms with van der Waals surface area (Å²) in [4.78, 5) is 0. The Bertz CT molecular complexity index is 1040. The number of aryl methyl sites for hydroxylation is 1. The molecule has 0 radical (unpaired) electrons. The smallest absolute Gasteiger partial charge is 0.135 e. The lowest BCUT2D eigenvalue weighted by molar-refractivity contribution is 0.516. The molecule has 0 aliphatic carbocycles. The van der Waals surface area contributed by atoms with Crippen LogP contribution in [0.3, 0.4) is 0 Å². The van der Waals surface area contributed by atoms with E-state index < -0.39 is 0 Å². The SMILES string of the molecule is Cc1ccc2oc(CNCCc3ccccc3)c(-c3ccc(Cl)cc3)c2c1.Cl. The molecule has 3 aromatic carbocycles. The molecule has 28 heavy (non-hydrogen) atoms. The molecule has 0 saturated carbocycles. The summed E-state index contributed by atoms with van der Waals surface area (Å²) in [5.41, 5.74) is 5.76. The van der Waals surface area contributed by atoms with Crippen LogP contribution in [0.25, 0.3) is 22.1 Å². The molecule has 0 atom stereocenters. The highest BCUT2D eigenvalue weighted by atomic mass is 35.5. The minimum absolute atomic E-state index is 0. The van der Waals surface area contributed by atoms with Crippen LogP contribution in [0.2, 0.25) is 5.02 Å². The monoisotopic (exact) mass is 411 g/mol. The molecule has 0 saturated heterocycles. The van der Waals surface area contributed by atoms with E-state index in [1.807, 2.05) is 18.2 Å². The molecule has 0 unspecified atom stereocenters. The van der Waals surface area contributed by atoms with Crippen molar-refractivity contribution < 1.29 is 4.42 Å². The lowest BCUT2D eigenvalue weighted by atomic mass is 10.0. The maximum absolute atomic E-state index is 6.20. The van der Waals surface area contributed by atoms with Gasteiger partial charge in [0.1, 0.15) is 11.3 Å². The topological polar surface area (TPSA) is 25.2 Å². The van der Waals surface area contributed by atoms with Crippen LogP contribution >= 0.6 is 24.0 Å². The molecule has 1 aromatic heterocycles. The van der Waals surface area contributed by atoms with Crippen molar-refractivity contribution in [3.8, 4) is 11.1 Å². The van der Waals surface area contributed by atoms with Crippen molar-refractivity contribution in [2.75, 3.05) is 6.54 Å². The summed E-state index contributed by atoms with van der Waals surface area (Å²) in [6.45, 7) is 3.70. The van der Waals surface area contributed by atoms with Gasteiger partial charge in [0.15, 0.2) is 0 Å².